The Morgan fingerprint density at radius 1 is 1.27 bits per heavy atom. The number of hydrogen-bond acceptors (Lipinski definition) is 6. The van der Waals surface area contributed by atoms with Crippen molar-refractivity contribution in [1.29, 1.82) is 0 Å². The van der Waals surface area contributed by atoms with Crippen molar-refractivity contribution in [2.24, 2.45) is 0 Å². The Kier molecular flexibility index (Phi) is 6.36. The summed E-state index contributed by atoms with van der Waals surface area (Å²) >= 11 is 1.24. The molecule has 1 atom stereocenters. The molecule has 0 spiro atoms. The predicted molar refractivity (Wildman–Crippen MR) is 145 cm³/mol. The number of rotatable bonds is 6. The third kappa shape index (κ3) is 4.64. The van der Waals surface area contributed by atoms with E-state index in [0.717, 1.165) is 24.0 Å². The monoisotopic (exact) mass is 519 g/mol. The van der Waals surface area contributed by atoms with Crippen molar-refractivity contribution in [3.8, 4) is 5.75 Å². The molecule has 192 valence electrons. The molecule has 4 heterocycles. The second kappa shape index (κ2) is 9.51. The van der Waals surface area contributed by atoms with Crippen LogP contribution in [0.1, 0.15) is 43.3 Å². The van der Waals surface area contributed by atoms with E-state index in [2.05, 4.69) is 22.2 Å². The molecule has 0 bridgehead atoms. The zero-order valence-electron chi connectivity index (χ0n) is 21.0. The number of carbonyl (C=O) groups excluding carboxylic acids is 3. The Labute approximate surface area is 219 Å². The van der Waals surface area contributed by atoms with Crippen LogP contribution in [0.3, 0.4) is 0 Å². The molecule has 37 heavy (non-hydrogen) atoms. The molecule has 2 aliphatic heterocycles. The van der Waals surface area contributed by atoms with Gasteiger partial charge in [-0.25, -0.2) is 9.78 Å². The van der Waals surface area contributed by atoms with E-state index in [4.69, 9.17) is 4.74 Å². The summed E-state index contributed by atoms with van der Waals surface area (Å²) in [4.78, 5) is 47.8. The number of urea groups is 1. The lowest BCUT2D eigenvalue weighted by Gasteiger charge is -2.40. The third-order valence-electron chi connectivity index (χ3n) is 6.52. The Morgan fingerprint density at radius 3 is 2.73 bits per heavy atom. The van der Waals surface area contributed by atoms with Gasteiger partial charge in [0.25, 0.3) is 5.91 Å². The van der Waals surface area contributed by atoms with Crippen molar-refractivity contribution in [3.63, 3.8) is 0 Å². The zero-order chi connectivity index (χ0) is 26.3. The van der Waals surface area contributed by atoms with Crippen molar-refractivity contribution in [1.82, 2.24) is 15.2 Å². The lowest BCUT2D eigenvalue weighted by molar-refractivity contribution is -0.128. The first-order valence-corrected chi connectivity index (χ1v) is 13.0. The van der Waals surface area contributed by atoms with Crippen LogP contribution in [0.4, 0.5) is 21.9 Å². The number of aromatic nitrogens is 1. The number of nitrogens with one attached hydrogen (secondary N) is 2. The fourth-order valence-corrected chi connectivity index (χ4v) is 5.95. The van der Waals surface area contributed by atoms with Crippen molar-refractivity contribution in [2.75, 3.05) is 23.3 Å². The number of anilines is 3. The van der Waals surface area contributed by atoms with Crippen LogP contribution in [-0.2, 0) is 4.79 Å². The average Bonchev–Trinajstić information content (AvgIpc) is 3.23. The summed E-state index contributed by atoms with van der Waals surface area (Å²) in [6, 6.07) is 8.72. The molecule has 3 aromatic rings. The van der Waals surface area contributed by atoms with Crippen LogP contribution in [-0.4, -0.2) is 52.5 Å². The van der Waals surface area contributed by atoms with E-state index < -0.39 is 5.54 Å². The van der Waals surface area contributed by atoms with Gasteiger partial charge in [0.05, 0.1) is 34.1 Å². The highest BCUT2D eigenvalue weighted by molar-refractivity contribution is 7.21. The fraction of sp³-hybridized carbons (Fsp3) is 0.333. The third-order valence-corrected chi connectivity index (χ3v) is 7.61. The number of carbonyl (C=O) groups is 3. The summed E-state index contributed by atoms with van der Waals surface area (Å²) < 4.78 is 5.73. The maximum Gasteiger partial charge on any atom is 0.331 e. The number of piperidine rings is 1. The van der Waals surface area contributed by atoms with Gasteiger partial charge >= 0.3 is 6.03 Å². The quantitative estimate of drug-likeness (QED) is 0.443. The minimum absolute atomic E-state index is 0.0447. The van der Waals surface area contributed by atoms with E-state index >= 15 is 0 Å². The first-order chi connectivity index (χ1) is 17.7. The maximum atomic E-state index is 13.5. The van der Waals surface area contributed by atoms with E-state index in [1.165, 1.54) is 17.4 Å². The lowest BCUT2D eigenvalue weighted by Crippen LogP contribution is -2.57. The van der Waals surface area contributed by atoms with Gasteiger partial charge in [-0.15, -0.1) is 11.3 Å². The van der Waals surface area contributed by atoms with Gasteiger partial charge in [0, 0.05) is 19.3 Å². The van der Waals surface area contributed by atoms with Crippen molar-refractivity contribution in [2.45, 2.75) is 45.3 Å². The predicted octanol–water partition coefficient (Wildman–Crippen LogP) is 5.06. The molecule has 1 aromatic carbocycles. The maximum absolute atomic E-state index is 13.5. The largest absolute Gasteiger partial charge is 0.491 e. The minimum atomic E-state index is -0.600. The van der Waals surface area contributed by atoms with E-state index in [-0.39, 0.29) is 23.9 Å². The standard InChI is InChI=1S/C27H29N5O4S/c1-5-20(33)31-14-6-12-27(4,15-31)30-24(34)23-22-21-19(11-13-28-25(21)37-23)32(26(35)29-22)17-7-9-18(10-8-17)36-16(2)3/h5,7-11,13,16H,1,6,12,14-15H2,2-4H3,(H,29,35)(H,30,34). The smallest absolute Gasteiger partial charge is 0.331 e. The van der Waals surface area contributed by atoms with Crippen LogP contribution in [0.15, 0.2) is 49.2 Å². The van der Waals surface area contributed by atoms with Crippen LogP contribution < -0.4 is 20.3 Å². The van der Waals surface area contributed by atoms with Gasteiger partial charge in [-0.2, -0.15) is 0 Å². The molecule has 2 N–H and O–H groups in total. The Balaban J connectivity index is 1.46. The number of nitrogens with zero attached hydrogens (tertiary/aromatic N) is 3. The van der Waals surface area contributed by atoms with Crippen molar-refractivity contribution in [3.05, 3.63) is 54.1 Å². The molecule has 1 unspecified atom stereocenters. The molecule has 1 saturated heterocycles. The summed E-state index contributed by atoms with van der Waals surface area (Å²) in [5, 5.41) is 6.76. The molecule has 0 aliphatic carbocycles. The molecule has 10 heteroatoms. The van der Waals surface area contributed by atoms with Gasteiger partial charge < -0.3 is 20.3 Å². The molecular weight excluding hydrogens is 490 g/mol. The van der Waals surface area contributed by atoms with Crippen LogP contribution in [0.5, 0.6) is 5.75 Å². The molecule has 1 fully saturated rings. The molecule has 5 rings (SSSR count). The molecule has 9 nitrogen and oxygen atoms in total. The minimum Gasteiger partial charge on any atom is -0.491 e. The summed E-state index contributed by atoms with van der Waals surface area (Å²) in [6.45, 7) is 10.4. The highest BCUT2D eigenvalue weighted by Gasteiger charge is 2.37. The lowest BCUT2D eigenvalue weighted by atomic mass is 9.90. The Hall–Kier alpha value is -3.92. The van der Waals surface area contributed by atoms with Gasteiger partial charge in [0.15, 0.2) is 0 Å². The number of amides is 4. The van der Waals surface area contributed by atoms with E-state index in [9.17, 15) is 14.4 Å². The highest BCUT2D eigenvalue weighted by atomic mass is 32.1. The summed E-state index contributed by atoms with van der Waals surface area (Å²) in [7, 11) is 0. The second-order valence-corrected chi connectivity index (χ2v) is 10.8. The van der Waals surface area contributed by atoms with Crippen LogP contribution in [0, 0.1) is 0 Å². The SMILES string of the molecule is C=CC(=O)N1CCCC(C)(NC(=O)c2sc3nccc4c3c2NC(=O)N4c2ccc(OC(C)C)cc2)C1. The van der Waals surface area contributed by atoms with Crippen LogP contribution in [0.25, 0.3) is 10.2 Å². The molecule has 2 aromatic heterocycles. The highest BCUT2D eigenvalue weighted by Crippen LogP contribution is 2.46. The van der Waals surface area contributed by atoms with Crippen LogP contribution in [0.2, 0.25) is 0 Å². The van der Waals surface area contributed by atoms with Gasteiger partial charge in [-0.1, -0.05) is 6.58 Å². The van der Waals surface area contributed by atoms with E-state index in [0.29, 0.717) is 39.9 Å². The fourth-order valence-electron chi connectivity index (χ4n) is 4.94. The molecule has 4 amide bonds. The summed E-state index contributed by atoms with van der Waals surface area (Å²) in [5.74, 6) is 0.265. The van der Waals surface area contributed by atoms with Gasteiger partial charge in [-0.3, -0.25) is 14.5 Å². The topological polar surface area (TPSA) is 104 Å². The Morgan fingerprint density at radius 2 is 2.03 bits per heavy atom. The Bertz CT molecular complexity index is 1400. The van der Waals surface area contributed by atoms with Gasteiger partial charge in [0.1, 0.15) is 15.5 Å². The van der Waals surface area contributed by atoms with Crippen molar-refractivity contribution < 1.29 is 19.1 Å². The van der Waals surface area contributed by atoms with Gasteiger partial charge in [0.2, 0.25) is 5.91 Å². The van der Waals surface area contributed by atoms with Crippen molar-refractivity contribution >= 4 is 56.5 Å². The number of hydrogen-bond donors (Lipinski definition) is 2. The second-order valence-electron chi connectivity index (χ2n) is 9.82. The van der Waals surface area contributed by atoms with E-state index in [1.807, 2.05) is 45.0 Å². The first kappa shape index (κ1) is 24.8. The molecule has 0 saturated carbocycles. The van der Waals surface area contributed by atoms with E-state index in [1.54, 1.807) is 22.1 Å². The number of likely N-dealkylation sites (tertiary alicyclic amines) is 1. The zero-order valence-corrected chi connectivity index (χ0v) is 21.9. The number of benzene rings is 1. The number of pyridine rings is 1. The normalized spacial score (nSPS) is 19.1. The number of thiophene rings is 1. The first-order valence-electron chi connectivity index (χ1n) is 12.2. The summed E-state index contributed by atoms with van der Waals surface area (Å²) in [5.41, 5.74) is 1.19. The molecule has 0 radical (unpaired) electrons. The van der Waals surface area contributed by atoms with Gasteiger partial charge in [-0.05, 0) is 70.0 Å². The summed E-state index contributed by atoms with van der Waals surface area (Å²) in [6.07, 6.45) is 4.49. The molecular formula is C27H29N5O4S. The number of ether oxygens (including phenoxy) is 1. The molecule has 2 aliphatic rings. The average molecular weight is 520 g/mol. The van der Waals surface area contributed by atoms with Crippen LogP contribution >= 0.6 is 11.3 Å².